The molecule has 2 atom stereocenters. The van der Waals surface area contributed by atoms with Crippen LogP contribution in [-0.4, -0.2) is 35.1 Å². The molecule has 2 rings (SSSR count). The first kappa shape index (κ1) is 22.3. The zero-order valence-electron chi connectivity index (χ0n) is 15.8. The fraction of sp³-hybridized carbons (Fsp3) is 0.842. The second-order valence-electron chi connectivity index (χ2n) is 7.35. The first-order chi connectivity index (χ1) is 12.5. The van der Waals surface area contributed by atoms with Gasteiger partial charge >= 0.3 is 6.09 Å². The molecule has 150 valence electrons. The zero-order chi connectivity index (χ0) is 19.2. The Morgan fingerprint density at radius 2 is 1.23 bits per heavy atom. The molecule has 0 aromatic rings. The standard InChI is InChI=1S/C18H32N2O2.CH3NO2/c21-17-13-7-5-11-15(19-17)9-3-1-2-4-10-16-12-6-8-14-18(22)20-16;2-1(3)4/h15-16H,1-14H2,(H,19,21)(H,20,22);2H2,(H,3,4). The van der Waals surface area contributed by atoms with E-state index in [0.29, 0.717) is 24.9 Å². The maximum absolute atomic E-state index is 11.5. The van der Waals surface area contributed by atoms with Crippen LogP contribution in [0.15, 0.2) is 0 Å². The van der Waals surface area contributed by atoms with E-state index in [9.17, 15) is 9.59 Å². The van der Waals surface area contributed by atoms with Gasteiger partial charge in [-0.05, 0) is 38.5 Å². The number of rotatable bonds is 7. The molecule has 0 saturated carbocycles. The summed E-state index contributed by atoms with van der Waals surface area (Å²) >= 11 is 0. The van der Waals surface area contributed by atoms with Gasteiger partial charge in [-0.15, -0.1) is 0 Å². The van der Waals surface area contributed by atoms with Crippen LogP contribution in [0, 0.1) is 0 Å². The molecule has 2 heterocycles. The molecule has 2 aliphatic heterocycles. The zero-order valence-corrected chi connectivity index (χ0v) is 15.8. The summed E-state index contributed by atoms with van der Waals surface area (Å²) in [4.78, 5) is 31.8. The van der Waals surface area contributed by atoms with Crippen molar-refractivity contribution >= 4 is 17.9 Å². The van der Waals surface area contributed by atoms with Gasteiger partial charge in [0, 0.05) is 24.9 Å². The number of nitrogens with two attached hydrogens (primary N) is 1. The van der Waals surface area contributed by atoms with E-state index in [4.69, 9.17) is 9.90 Å². The van der Waals surface area contributed by atoms with Gasteiger partial charge in [-0.1, -0.05) is 38.5 Å². The lowest BCUT2D eigenvalue weighted by Gasteiger charge is -2.16. The monoisotopic (exact) mass is 369 g/mol. The van der Waals surface area contributed by atoms with Crippen LogP contribution in [0.4, 0.5) is 4.79 Å². The Kier molecular flexibility index (Phi) is 11.5. The maximum Gasteiger partial charge on any atom is 0.402 e. The van der Waals surface area contributed by atoms with Gasteiger partial charge in [0.2, 0.25) is 11.8 Å². The lowest BCUT2D eigenvalue weighted by atomic mass is 10.0. The highest BCUT2D eigenvalue weighted by Gasteiger charge is 2.17. The predicted molar refractivity (Wildman–Crippen MR) is 101 cm³/mol. The summed E-state index contributed by atoms with van der Waals surface area (Å²) in [7, 11) is 0. The van der Waals surface area contributed by atoms with Gasteiger partial charge < -0.3 is 21.5 Å². The Morgan fingerprint density at radius 1 is 0.846 bits per heavy atom. The van der Waals surface area contributed by atoms with E-state index in [1.807, 2.05) is 0 Å². The second-order valence-corrected chi connectivity index (χ2v) is 7.35. The Labute approximate surface area is 156 Å². The third-order valence-corrected chi connectivity index (χ3v) is 5.00. The molecule has 0 bridgehead atoms. The van der Waals surface area contributed by atoms with E-state index < -0.39 is 6.09 Å². The molecule has 7 heteroatoms. The highest BCUT2D eigenvalue weighted by atomic mass is 16.4. The molecule has 3 amide bonds. The average Bonchev–Trinajstić information content (AvgIpc) is 2.90. The average molecular weight is 370 g/mol. The molecule has 0 radical (unpaired) electrons. The second kappa shape index (κ2) is 13.4. The number of carbonyl (C=O) groups is 3. The van der Waals surface area contributed by atoms with Crippen molar-refractivity contribution in [1.29, 1.82) is 0 Å². The number of primary amides is 1. The van der Waals surface area contributed by atoms with E-state index in [2.05, 4.69) is 16.4 Å². The smallest absolute Gasteiger partial charge is 0.402 e. The summed E-state index contributed by atoms with van der Waals surface area (Å²) < 4.78 is 0. The van der Waals surface area contributed by atoms with E-state index in [-0.39, 0.29) is 11.8 Å². The van der Waals surface area contributed by atoms with Crippen LogP contribution in [0.1, 0.15) is 89.9 Å². The highest BCUT2D eigenvalue weighted by Crippen LogP contribution is 2.17. The number of nitrogens with one attached hydrogen (secondary N) is 2. The SMILES string of the molecule is NC(=O)O.O=C1CCCCC(CCCCCCC2CCCCC(=O)N2)N1. The third-order valence-electron chi connectivity index (χ3n) is 5.00. The minimum atomic E-state index is -1.33. The molecule has 0 aliphatic carbocycles. The molecule has 2 unspecified atom stereocenters. The van der Waals surface area contributed by atoms with Crippen molar-refractivity contribution in [2.24, 2.45) is 5.73 Å². The molecule has 2 aliphatic rings. The lowest BCUT2D eigenvalue weighted by molar-refractivity contribution is -0.122. The molecule has 0 aromatic carbocycles. The van der Waals surface area contributed by atoms with Crippen molar-refractivity contribution < 1.29 is 19.5 Å². The highest BCUT2D eigenvalue weighted by molar-refractivity contribution is 5.76. The van der Waals surface area contributed by atoms with Gasteiger partial charge in [0.15, 0.2) is 0 Å². The van der Waals surface area contributed by atoms with E-state index in [1.165, 1.54) is 38.5 Å². The van der Waals surface area contributed by atoms with Crippen LogP contribution < -0.4 is 16.4 Å². The van der Waals surface area contributed by atoms with Crippen molar-refractivity contribution in [2.45, 2.75) is 102 Å². The van der Waals surface area contributed by atoms with Crippen LogP contribution in [0.2, 0.25) is 0 Å². The van der Waals surface area contributed by atoms with Gasteiger partial charge in [0.1, 0.15) is 0 Å². The van der Waals surface area contributed by atoms with E-state index >= 15 is 0 Å². The minimum Gasteiger partial charge on any atom is -0.465 e. The molecule has 2 fully saturated rings. The molecule has 2 saturated heterocycles. The number of hydrogen-bond donors (Lipinski definition) is 4. The maximum atomic E-state index is 11.5. The van der Waals surface area contributed by atoms with E-state index in [1.54, 1.807) is 0 Å². The number of carboxylic acid groups (broad SMARTS) is 1. The molecular formula is C19H35N3O4. The van der Waals surface area contributed by atoms with Crippen LogP contribution >= 0.6 is 0 Å². The Bertz CT molecular complexity index is 405. The molecule has 0 spiro atoms. The van der Waals surface area contributed by atoms with E-state index in [0.717, 1.165) is 38.5 Å². The first-order valence-electron chi connectivity index (χ1n) is 10.0. The summed E-state index contributed by atoms with van der Waals surface area (Å²) in [5.41, 5.74) is 4.03. The Balaban J connectivity index is 0.000000765. The number of unbranched alkanes of at least 4 members (excludes halogenated alkanes) is 3. The van der Waals surface area contributed by atoms with Crippen molar-refractivity contribution in [1.82, 2.24) is 10.6 Å². The quantitative estimate of drug-likeness (QED) is 0.515. The molecule has 0 aromatic heterocycles. The normalized spacial score (nSPS) is 23.5. The number of amides is 3. The Morgan fingerprint density at radius 3 is 1.62 bits per heavy atom. The minimum absolute atomic E-state index is 0.242. The summed E-state index contributed by atoms with van der Waals surface area (Å²) in [5.74, 6) is 0.484. The van der Waals surface area contributed by atoms with Gasteiger partial charge in [0.05, 0.1) is 0 Å². The summed E-state index contributed by atoms with van der Waals surface area (Å²) in [6, 6.07) is 0.826. The summed E-state index contributed by atoms with van der Waals surface area (Å²) in [6.45, 7) is 0. The number of carbonyl (C=O) groups excluding carboxylic acids is 2. The topological polar surface area (TPSA) is 122 Å². The molecule has 26 heavy (non-hydrogen) atoms. The predicted octanol–water partition coefficient (Wildman–Crippen LogP) is 3.07. The van der Waals surface area contributed by atoms with Crippen LogP contribution in [-0.2, 0) is 9.59 Å². The lowest BCUT2D eigenvalue weighted by Crippen LogP contribution is -2.32. The van der Waals surface area contributed by atoms with Gasteiger partial charge in [-0.25, -0.2) is 4.79 Å². The van der Waals surface area contributed by atoms with Crippen LogP contribution in [0.3, 0.4) is 0 Å². The first-order valence-corrected chi connectivity index (χ1v) is 10.0. The fourth-order valence-electron chi connectivity index (χ4n) is 3.66. The van der Waals surface area contributed by atoms with Gasteiger partial charge in [0.25, 0.3) is 0 Å². The summed E-state index contributed by atoms with van der Waals surface area (Å²) in [5, 5.41) is 13.5. The van der Waals surface area contributed by atoms with Gasteiger partial charge in [-0.3, -0.25) is 9.59 Å². The van der Waals surface area contributed by atoms with Crippen LogP contribution in [0.25, 0.3) is 0 Å². The molecule has 5 N–H and O–H groups in total. The van der Waals surface area contributed by atoms with Crippen LogP contribution in [0.5, 0.6) is 0 Å². The van der Waals surface area contributed by atoms with Crippen molar-refractivity contribution in [2.75, 3.05) is 0 Å². The molecule has 7 nitrogen and oxygen atoms in total. The molecular weight excluding hydrogens is 334 g/mol. The number of hydrogen-bond acceptors (Lipinski definition) is 3. The third kappa shape index (κ3) is 11.7. The van der Waals surface area contributed by atoms with Crippen molar-refractivity contribution in [3.05, 3.63) is 0 Å². The van der Waals surface area contributed by atoms with Crippen molar-refractivity contribution in [3.8, 4) is 0 Å². The Hall–Kier alpha value is -1.79. The van der Waals surface area contributed by atoms with Gasteiger partial charge in [-0.2, -0.15) is 0 Å². The van der Waals surface area contributed by atoms with Crippen molar-refractivity contribution in [3.63, 3.8) is 0 Å². The summed E-state index contributed by atoms with van der Waals surface area (Å²) in [6.07, 6.45) is 14.0. The largest absolute Gasteiger partial charge is 0.465 e. The fourth-order valence-corrected chi connectivity index (χ4v) is 3.66.